The van der Waals surface area contributed by atoms with Gasteiger partial charge in [0.05, 0.1) is 11.5 Å². The van der Waals surface area contributed by atoms with Gasteiger partial charge in [-0.3, -0.25) is 4.79 Å². The van der Waals surface area contributed by atoms with Crippen molar-refractivity contribution in [3.8, 4) is 5.75 Å². The molecule has 0 amide bonds. The molecule has 0 saturated carbocycles. The van der Waals surface area contributed by atoms with Gasteiger partial charge in [0, 0.05) is 6.20 Å². The predicted octanol–water partition coefficient (Wildman–Crippen LogP) is 1.85. The van der Waals surface area contributed by atoms with Crippen LogP contribution in [0.1, 0.15) is 5.56 Å². The van der Waals surface area contributed by atoms with Gasteiger partial charge >= 0.3 is 0 Å². The van der Waals surface area contributed by atoms with E-state index in [1.54, 1.807) is 30.5 Å². The largest absolute Gasteiger partial charge is 0.483 e. The zero-order valence-corrected chi connectivity index (χ0v) is 11.4. The number of thiocarbonyl (C=S) groups is 1. The molecule has 0 bridgehead atoms. The lowest BCUT2D eigenvalue weighted by atomic mass is 10.2. The molecule has 0 aliphatic heterocycles. The maximum atomic E-state index is 12.8. The summed E-state index contributed by atoms with van der Waals surface area (Å²) in [6.07, 6.45) is 1.59. The van der Waals surface area contributed by atoms with E-state index < -0.39 is 0 Å². The Morgan fingerprint density at radius 2 is 2.00 bits per heavy atom. The maximum absolute atomic E-state index is 12.8. The summed E-state index contributed by atoms with van der Waals surface area (Å²) in [4.78, 5) is 12.3. The molecule has 6 heteroatoms. The van der Waals surface area contributed by atoms with Gasteiger partial charge in [-0.2, -0.15) is 0 Å². The molecule has 1 aromatic heterocycles. The average Bonchev–Trinajstić information content (AvgIpc) is 2.41. The van der Waals surface area contributed by atoms with Gasteiger partial charge < -0.3 is 15.0 Å². The first-order valence-electron chi connectivity index (χ1n) is 5.91. The Hall–Kier alpha value is -2.21. The molecular weight excluding hydrogens is 279 g/mol. The molecule has 0 atom stereocenters. The fourth-order valence-electron chi connectivity index (χ4n) is 1.66. The van der Waals surface area contributed by atoms with Crippen LogP contribution in [0.3, 0.4) is 0 Å². The molecule has 0 spiro atoms. The topological polar surface area (TPSA) is 57.2 Å². The second kappa shape index (κ2) is 6.29. The molecule has 0 aliphatic carbocycles. The fourth-order valence-corrected chi connectivity index (χ4v) is 1.80. The fraction of sp³-hybridized carbons (Fsp3) is 0.143. The van der Waals surface area contributed by atoms with Crippen molar-refractivity contribution in [3.63, 3.8) is 0 Å². The summed E-state index contributed by atoms with van der Waals surface area (Å²) in [5.74, 6) is -0.111. The molecule has 0 radical (unpaired) electrons. The van der Waals surface area contributed by atoms with Gasteiger partial charge in [-0.15, -0.1) is 0 Å². The van der Waals surface area contributed by atoms with Gasteiger partial charge in [-0.25, -0.2) is 4.39 Å². The molecule has 2 rings (SSSR count). The SMILES string of the molecule is NC(=S)Cn1cccc(OCc2ccc(F)cc2)c1=O. The molecule has 104 valence electrons. The van der Waals surface area contributed by atoms with Crippen molar-refractivity contribution < 1.29 is 9.13 Å². The van der Waals surface area contributed by atoms with E-state index in [0.717, 1.165) is 5.56 Å². The number of hydrogen-bond donors (Lipinski definition) is 1. The third-order valence-electron chi connectivity index (χ3n) is 2.62. The molecule has 2 N–H and O–H groups in total. The first kappa shape index (κ1) is 14.2. The van der Waals surface area contributed by atoms with Crippen LogP contribution < -0.4 is 16.0 Å². The van der Waals surface area contributed by atoms with E-state index in [1.807, 2.05) is 0 Å². The Morgan fingerprint density at radius 1 is 1.30 bits per heavy atom. The Morgan fingerprint density at radius 3 is 2.65 bits per heavy atom. The smallest absolute Gasteiger partial charge is 0.293 e. The van der Waals surface area contributed by atoms with Gasteiger partial charge in [0.1, 0.15) is 12.4 Å². The Bertz CT molecular complexity index is 668. The van der Waals surface area contributed by atoms with Crippen LogP contribution >= 0.6 is 12.2 Å². The van der Waals surface area contributed by atoms with E-state index in [9.17, 15) is 9.18 Å². The first-order chi connectivity index (χ1) is 9.56. The zero-order valence-electron chi connectivity index (χ0n) is 10.6. The van der Waals surface area contributed by atoms with E-state index in [2.05, 4.69) is 0 Å². The van der Waals surface area contributed by atoms with Gasteiger partial charge in [0.25, 0.3) is 5.56 Å². The molecule has 0 unspecified atom stereocenters. The number of ether oxygens (including phenoxy) is 1. The summed E-state index contributed by atoms with van der Waals surface area (Å²) in [6.45, 7) is 0.356. The van der Waals surface area contributed by atoms with Gasteiger partial charge in [0.2, 0.25) is 0 Å². The van der Waals surface area contributed by atoms with Gasteiger partial charge in [-0.05, 0) is 29.8 Å². The number of rotatable bonds is 5. The minimum absolute atomic E-state index is 0.169. The van der Waals surface area contributed by atoms with Crippen LogP contribution in [0.15, 0.2) is 47.4 Å². The highest BCUT2D eigenvalue weighted by atomic mass is 32.1. The molecule has 20 heavy (non-hydrogen) atoms. The third kappa shape index (κ3) is 3.64. The van der Waals surface area contributed by atoms with Crippen molar-refractivity contribution in [1.82, 2.24) is 4.57 Å². The molecule has 1 aromatic carbocycles. The van der Waals surface area contributed by atoms with Crippen molar-refractivity contribution in [2.75, 3.05) is 0 Å². The molecule has 0 aliphatic rings. The van der Waals surface area contributed by atoms with E-state index in [4.69, 9.17) is 22.7 Å². The lowest BCUT2D eigenvalue weighted by Gasteiger charge is -2.09. The highest BCUT2D eigenvalue weighted by Gasteiger charge is 2.05. The van der Waals surface area contributed by atoms with Crippen LogP contribution in [0.2, 0.25) is 0 Å². The van der Waals surface area contributed by atoms with Crippen molar-refractivity contribution in [3.05, 3.63) is 64.3 Å². The van der Waals surface area contributed by atoms with E-state index in [1.165, 1.54) is 16.7 Å². The summed E-state index contributed by atoms with van der Waals surface area (Å²) in [5.41, 5.74) is 5.89. The molecular formula is C14H13FN2O2S. The Labute approximate surface area is 120 Å². The summed E-state index contributed by atoms with van der Waals surface area (Å²) in [7, 11) is 0. The highest BCUT2D eigenvalue weighted by Crippen LogP contribution is 2.08. The number of hydrogen-bond acceptors (Lipinski definition) is 3. The summed E-state index contributed by atoms with van der Waals surface area (Å²) >= 11 is 4.78. The third-order valence-corrected chi connectivity index (χ3v) is 2.75. The van der Waals surface area contributed by atoms with Crippen LogP contribution in [0, 0.1) is 5.82 Å². The van der Waals surface area contributed by atoms with E-state index in [-0.39, 0.29) is 35.3 Å². The monoisotopic (exact) mass is 292 g/mol. The Balaban J connectivity index is 2.11. The molecule has 4 nitrogen and oxygen atoms in total. The summed E-state index contributed by atoms with van der Waals surface area (Å²) < 4.78 is 19.6. The lowest BCUT2D eigenvalue weighted by Crippen LogP contribution is -2.27. The molecule has 0 saturated heterocycles. The standard InChI is InChI=1S/C14H13FN2O2S/c15-11-5-3-10(4-6-11)9-19-12-2-1-7-17(14(12)18)8-13(16)20/h1-7H,8-9H2,(H2,16,20). The van der Waals surface area contributed by atoms with Crippen molar-refractivity contribution in [1.29, 1.82) is 0 Å². The number of nitrogens with two attached hydrogens (primary N) is 1. The lowest BCUT2D eigenvalue weighted by molar-refractivity contribution is 0.299. The molecule has 0 fully saturated rings. The normalized spacial score (nSPS) is 10.2. The molecule has 2 aromatic rings. The zero-order chi connectivity index (χ0) is 14.5. The number of aromatic nitrogens is 1. The average molecular weight is 292 g/mol. The van der Waals surface area contributed by atoms with Crippen LogP contribution in [0.4, 0.5) is 4.39 Å². The second-order valence-electron chi connectivity index (χ2n) is 4.19. The minimum atomic E-state index is -0.313. The van der Waals surface area contributed by atoms with E-state index >= 15 is 0 Å². The summed E-state index contributed by atoms with van der Waals surface area (Å²) in [5, 5.41) is 0. The minimum Gasteiger partial charge on any atom is -0.483 e. The quantitative estimate of drug-likeness (QED) is 0.855. The maximum Gasteiger partial charge on any atom is 0.293 e. The first-order valence-corrected chi connectivity index (χ1v) is 6.32. The van der Waals surface area contributed by atoms with Crippen molar-refractivity contribution >= 4 is 17.2 Å². The van der Waals surface area contributed by atoms with Crippen LogP contribution in [-0.4, -0.2) is 9.56 Å². The Kier molecular flexibility index (Phi) is 4.47. The number of benzene rings is 1. The second-order valence-corrected chi connectivity index (χ2v) is 4.71. The number of nitrogens with zero attached hydrogens (tertiary/aromatic N) is 1. The van der Waals surface area contributed by atoms with E-state index in [0.29, 0.717) is 0 Å². The van der Waals surface area contributed by atoms with Gasteiger partial charge in [-0.1, -0.05) is 24.4 Å². The van der Waals surface area contributed by atoms with Crippen LogP contribution in [-0.2, 0) is 13.2 Å². The van der Waals surface area contributed by atoms with Crippen LogP contribution in [0.25, 0.3) is 0 Å². The van der Waals surface area contributed by atoms with Crippen LogP contribution in [0.5, 0.6) is 5.75 Å². The highest BCUT2D eigenvalue weighted by molar-refractivity contribution is 7.80. The number of pyridine rings is 1. The number of halogens is 1. The summed E-state index contributed by atoms with van der Waals surface area (Å²) in [6, 6.07) is 9.14. The van der Waals surface area contributed by atoms with Gasteiger partial charge in [0.15, 0.2) is 5.75 Å². The predicted molar refractivity (Wildman–Crippen MR) is 78.2 cm³/mol. The van der Waals surface area contributed by atoms with Crippen molar-refractivity contribution in [2.24, 2.45) is 5.73 Å². The van der Waals surface area contributed by atoms with Crippen molar-refractivity contribution in [2.45, 2.75) is 13.2 Å². The molecule has 1 heterocycles.